The highest BCUT2D eigenvalue weighted by Crippen LogP contribution is 2.14. The van der Waals surface area contributed by atoms with Crippen molar-refractivity contribution in [2.75, 3.05) is 11.5 Å². The molecule has 0 fully saturated rings. The number of nitrogens with zero attached hydrogens (tertiary/aromatic N) is 3. The molecule has 12 heavy (non-hydrogen) atoms. The number of fused-ring (bicyclic) bond motifs is 1. The van der Waals surface area contributed by atoms with Crippen LogP contribution in [0.2, 0.25) is 0 Å². The van der Waals surface area contributed by atoms with E-state index < -0.39 is 0 Å². The molecular formula is C7H6N5. The van der Waals surface area contributed by atoms with Gasteiger partial charge in [0.15, 0.2) is 5.65 Å². The second-order valence-corrected chi connectivity index (χ2v) is 2.27. The maximum absolute atomic E-state index is 5.57. The van der Waals surface area contributed by atoms with Crippen molar-refractivity contribution >= 4 is 22.8 Å². The Kier molecular flexibility index (Phi) is 1.30. The molecule has 2 rings (SSSR count). The average Bonchev–Trinajstić information content (AvgIpc) is 2.04. The van der Waals surface area contributed by atoms with Crippen LogP contribution in [0.1, 0.15) is 0 Å². The largest absolute Gasteiger partial charge is 0.383 e. The van der Waals surface area contributed by atoms with Gasteiger partial charge in [0, 0.05) is 12.3 Å². The van der Waals surface area contributed by atoms with Gasteiger partial charge in [0.1, 0.15) is 5.82 Å². The predicted octanol–water partition coefficient (Wildman–Crippen LogP) is -0.0106. The lowest BCUT2D eigenvalue weighted by Gasteiger charge is -1.99. The molecule has 0 aliphatic rings. The molecule has 0 saturated carbocycles. The van der Waals surface area contributed by atoms with E-state index in [4.69, 9.17) is 11.5 Å². The van der Waals surface area contributed by atoms with Crippen molar-refractivity contribution in [3.8, 4) is 0 Å². The third kappa shape index (κ3) is 0.914. The summed E-state index contributed by atoms with van der Waals surface area (Å²) in [5.74, 6) is 0.473. The predicted molar refractivity (Wildman–Crippen MR) is 45.0 cm³/mol. The first kappa shape index (κ1) is 6.78. The smallest absolute Gasteiger partial charge is 0.224 e. The quantitative estimate of drug-likeness (QED) is 0.565. The number of nitrogens with two attached hydrogens (primary N) is 2. The zero-order valence-corrected chi connectivity index (χ0v) is 6.15. The van der Waals surface area contributed by atoms with E-state index in [9.17, 15) is 0 Å². The lowest BCUT2D eigenvalue weighted by atomic mass is 10.3. The molecule has 0 unspecified atom stereocenters. The van der Waals surface area contributed by atoms with E-state index in [1.807, 2.05) is 0 Å². The molecule has 0 aliphatic heterocycles. The van der Waals surface area contributed by atoms with Gasteiger partial charge in [-0.25, -0.2) is 4.98 Å². The zero-order chi connectivity index (χ0) is 8.55. The van der Waals surface area contributed by atoms with E-state index >= 15 is 0 Å². The van der Waals surface area contributed by atoms with Gasteiger partial charge >= 0.3 is 0 Å². The summed E-state index contributed by atoms with van der Waals surface area (Å²) in [6.45, 7) is 0. The van der Waals surface area contributed by atoms with Gasteiger partial charge in [-0.15, -0.1) is 0 Å². The Labute approximate surface area is 68.5 Å². The molecule has 0 atom stereocenters. The first-order valence-electron chi connectivity index (χ1n) is 3.32. The number of anilines is 2. The molecule has 0 aromatic carbocycles. The van der Waals surface area contributed by atoms with Crippen LogP contribution in [-0.2, 0) is 0 Å². The van der Waals surface area contributed by atoms with Crippen LogP contribution in [0.5, 0.6) is 0 Å². The number of hydrogen-bond donors (Lipinski definition) is 2. The van der Waals surface area contributed by atoms with Gasteiger partial charge in [-0.1, -0.05) is 0 Å². The van der Waals surface area contributed by atoms with Crippen molar-refractivity contribution < 1.29 is 0 Å². The summed E-state index contributed by atoms with van der Waals surface area (Å²) in [4.78, 5) is 11.6. The Morgan fingerprint density at radius 1 is 1.25 bits per heavy atom. The topological polar surface area (TPSA) is 90.7 Å². The molecule has 0 spiro atoms. The van der Waals surface area contributed by atoms with Gasteiger partial charge < -0.3 is 11.5 Å². The zero-order valence-electron chi connectivity index (χ0n) is 6.15. The molecule has 0 amide bonds. The normalized spacial score (nSPS) is 10.3. The molecule has 0 bridgehead atoms. The fraction of sp³-hybridized carbons (Fsp3) is 0. The summed E-state index contributed by atoms with van der Waals surface area (Å²) in [5, 5.41) is 0.673. The number of rotatable bonds is 0. The lowest BCUT2D eigenvalue weighted by Crippen LogP contribution is -2.01. The molecule has 1 radical (unpaired) electrons. The molecular weight excluding hydrogens is 154 g/mol. The molecule has 5 heteroatoms. The Morgan fingerprint density at radius 3 is 2.92 bits per heavy atom. The maximum Gasteiger partial charge on any atom is 0.224 e. The minimum Gasteiger partial charge on any atom is -0.383 e. The molecule has 5 nitrogen and oxygen atoms in total. The van der Waals surface area contributed by atoms with Crippen molar-refractivity contribution in [2.45, 2.75) is 0 Å². The summed E-state index contributed by atoms with van der Waals surface area (Å²) in [6, 6.07) is 4.46. The van der Waals surface area contributed by atoms with E-state index in [1.165, 1.54) is 6.20 Å². The number of aromatic nitrogens is 3. The summed E-state index contributed by atoms with van der Waals surface area (Å²) in [7, 11) is 0. The summed E-state index contributed by atoms with van der Waals surface area (Å²) >= 11 is 0. The van der Waals surface area contributed by atoms with Crippen LogP contribution in [-0.4, -0.2) is 15.0 Å². The number of hydrogen-bond acceptors (Lipinski definition) is 5. The van der Waals surface area contributed by atoms with E-state index in [2.05, 4.69) is 21.0 Å². The minimum absolute atomic E-state index is 0.138. The van der Waals surface area contributed by atoms with Crippen LogP contribution >= 0.6 is 0 Å². The molecule has 59 valence electrons. The average molecular weight is 160 g/mol. The number of nitrogen functional groups attached to an aromatic ring is 2. The van der Waals surface area contributed by atoms with Gasteiger partial charge in [0.05, 0.1) is 5.39 Å². The molecule has 2 aromatic heterocycles. The lowest BCUT2D eigenvalue weighted by molar-refractivity contribution is 1.20. The highest BCUT2D eigenvalue weighted by Gasteiger charge is 2.01. The molecule has 2 aromatic rings. The van der Waals surface area contributed by atoms with Gasteiger partial charge in [0.25, 0.3) is 0 Å². The molecule has 0 aliphatic carbocycles. The van der Waals surface area contributed by atoms with E-state index in [0.717, 1.165) is 0 Å². The van der Waals surface area contributed by atoms with Crippen LogP contribution in [0.25, 0.3) is 11.0 Å². The first-order valence-corrected chi connectivity index (χ1v) is 3.32. The van der Waals surface area contributed by atoms with Crippen molar-refractivity contribution in [2.24, 2.45) is 0 Å². The van der Waals surface area contributed by atoms with Crippen molar-refractivity contribution in [3.05, 3.63) is 18.3 Å². The molecule has 4 N–H and O–H groups in total. The highest BCUT2D eigenvalue weighted by molar-refractivity contribution is 5.85. The van der Waals surface area contributed by atoms with E-state index in [1.54, 1.807) is 6.07 Å². The fourth-order valence-electron chi connectivity index (χ4n) is 0.948. The first-order chi connectivity index (χ1) is 5.77. The van der Waals surface area contributed by atoms with Gasteiger partial charge in [-0.05, 0) is 6.07 Å². The van der Waals surface area contributed by atoms with E-state index in [-0.39, 0.29) is 5.95 Å². The maximum atomic E-state index is 5.57. The Morgan fingerprint density at radius 2 is 2.08 bits per heavy atom. The summed E-state index contributed by atoms with van der Waals surface area (Å²) in [5.41, 5.74) is 11.4. The third-order valence-electron chi connectivity index (χ3n) is 1.46. The second-order valence-electron chi connectivity index (χ2n) is 2.27. The standard InChI is InChI=1S/C7H6N5/c8-5-4-2-1-3-10-6(4)12-7(9)11-5/h2-3H,(H4,8,9,10,11,12). The van der Waals surface area contributed by atoms with Crippen molar-refractivity contribution in [3.63, 3.8) is 0 Å². The monoisotopic (exact) mass is 160 g/mol. The van der Waals surface area contributed by atoms with Crippen LogP contribution in [0, 0.1) is 6.07 Å². The third-order valence-corrected chi connectivity index (χ3v) is 1.46. The summed E-state index contributed by atoms with van der Waals surface area (Å²) in [6.07, 6.45) is 1.51. The Balaban J connectivity index is 2.89. The Hall–Kier alpha value is -1.91. The van der Waals surface area contributed by atoms with Crippen LogP contribution < -0.4 is 11.5 Å². The van der Waals surface area contributed by atoms with Gasteiger partial charge in [0.2, 0.25) is 5.95 Å². The second kappa shape index (κ2) is 2.30. The minimum atomic E-state index is 0.138. The fourth-order valence-corrected chi connectivity index (χ4v) is 0.948. The number of pyridine rings is 1. The SMILES string of the molecule is Nc1nc(N)c2c[c]cnc2n1. The van der Waals surface area contributed by atoms with E-state index in [0.29, 0.717) is 16.9 Å². The molecule has 2 heterocycles. The van der Waals surface area contributed by atoms with Gasteiger partial charge in [-0.2, -0.15) is 9.97 Å². The van der Waals surface area contributed by atoms with Crippen molar-refractivity contribution in [1.29, 1.82) is 0 Å². The van der Waals surface area contributed by atoms with Crippen LogP contribution in [0.4, 0.5) is 11.8 Å². The Bertz CT molecular complexity index is 425. The van der Waals surface area contributed by atoms with Crippen LogP contribution in [0.3, 0.4) is 0 Å². The van der Waals surface area contributed by atoms with Gasteiger partial charge in [-0.3, -0.25) is 0 Å². The molecule has 0 saturated heterocycles. The highest BCUT2D eigenvalue weighted by atomic mass is 15.1. The van der Waals surface area contributed by atoms with Crippen LogP contribution in [0.15, 0.2) is 12.3 Å². The van der Waals surface area contributed by atoms with Crippen molar-refractivity contribution in [1.82, 2.24) is 15.0 Å². The summed E-state index contributed by atoms with van der Waals surface area (Å²) < 4.78 is 0.